The maximum absolute atomic E-state index is 6.35. The van der Waals surface area contributed by atoms with Gasteiger partial charge in [-0.25, -0.2) is 0 Å². The molecule has 1 unspecified atom stereocenters. The summed E-state index contributed by atoms with van der Waals surface area (Å²) in [6.07, 6.45) is 5.84. The predicted molar refractivity (Wildman–Crippen MR) is 68.7 cm³/mol. The third-order valence-electron chi connectivity index (χ3n) is 3.47. The molecule has 3 heteroatoms. The molecule has 0 amide bonds. The van der Waals surface area contributed by atoms with Crippen LogP contribution in [0.4, 0.5) is 0 Å². The molecule has 1 aliphatic heterocycles. The van der Waals surface area contributed by atoms with Crippen LogP contribution in [-0.2, 0) is 4.43 Å². The van der Waals surface area contributed by atoms with Crippen LogP contribution in [0.1, 0.15) is 27.2 Å². The second kappa shape index (κ2) is 4.81. The average molecular weight is 227 g/mol. The summed E-state index contributed by atoms with van der Waals surface area (Å²) in [5, 5.41) is 3.69. The summed E-state index contributed by atoms with van der Waals surface area (Å²) in [7, 11) is -1.59. The smallest absolute Gasteiger partial charge is 0.192 e. The van der Waals surface area contributed by atoms with Crippen molar-refractivity contribution in [3.8, 4) is 0 Å². The van der Waals surface area contributed by atoms with Crippen molar-refractivity contribution in [2.75, 3.05) is 13.1 Å². The van der Waals surface area contributed by atoms with Gasteiger partial charge in [0.2, 0.25) is 0 Å². The summed E-state index contributed by atoms with van der Waals surface area (Å²) in [6, 6.07) is 0. The zero-order valence-corrected chi connectivity index (χ0v) is 11.8. The van der Waals surface area contributed by atoms with E-state index in [9.17, 15) is 0 Å². The summed E-state index contributed by atoms with van der Waals surface area (Å²) < 4.78 is 6.35. The normalized spacial score (nSPS) is 23.9. The summed E-state index contributed by atoms with van der Waals surface area (Å²) >= 11 is 0. The molecule has 88 valence electrons. The Morgan fingerprint density at radius 2 is 1.93 bits per heavy atom. The highest BCUT2D eigenvalue weighted by molar-refractivity contribution is 6.74. The molecule has 0 spiro atoms. The molecule has 1 heterocycles. The molecule has 0 aromatic carbocycles. The van der Waals surface area contributed by atoms with E-state index in [-0.39, 0.29) is 0 Å². The SMILES string of the molecule is CC(C)(C)[Si](C)(C)OC1CC=CCNC1. The first-order chi connectivity index (χ1) is 6.83. The average Bonchev–Trinajstić information content (AvgIpc) is 2.30. The summed E-state index contributed by atoms with van der Waals surface area (Å²) in [6.45, 7) is 13.5. The Morgan fingerprint density at radius 1 is 1.27 bits per heavy atom. The first kappa shape index (κ1) is 12.9. The second-order valence-corrected chi connectivity index (χ2v) is 10.6. The Morgan fingerprint density at radius 3 is 2.53 bits per heavy atom. The predicted octanol–water partition coefficient (Wildman–Crippen LogP) is 2.93. The van der Waals surface area contributed by atoms with Gasteiger partial charge in [-0.1, -0.05) is 32.9 Å². The molecule has 2 nitrogen and oxygen atoms in total. The molecule has 0 aromatic heterocycles. The largest absolute Gasteiger partial charge is 0.412 e. The van der Waals surface area contributed by atoms with Gasteiger partial charge in [0.05, 0.1) is 6.10 Å². The van der Waals surface area contributed by atoms with Crippen LogP contribution in [0.15, 0.2) is 12.2 Å². The molecule has 0 aromatic rings. The highest BCUT2D eigenvalue weighted by Gasteiger charge is 2.38. The minimum absolute atomic E-state index is 0.309. The molecule has 0 aliphatic carbocycles. The van der Waals surface area contributed by atoms with Crippen molar-refractivity contribution in [3.63, 3.8) is 0 Å². The maximum Gasteiger partial charge on any atom is 0.192 e. The third kappa shape index (κ3) is 3.74. The van der Waals surface area contributed by atoms with E-state index in [1.807, 2.05) is 0 Å². The van der Waals surface area contributed by atoms with Crippen molar-refractivity contribution in [3.05, 3.63) is 12.2 Å². The lowest BCUT2D eigenvalue weighted by molar-refractivity contribution is 0.183. The third-order valence-corrected chi connectivity index (χ3v) is 8.00. The molecule has 1 rings (SSSR count). The highest BCUT2D eigenvalue weighted by Crippen LogP contribution is 2.37. The van der Waals surface area contributed by atoms with E-state index in [2.05, 4.69) is 51.3 Å². The number of hydrogen-bond acceptors (Lipinski definition) is 2. The van der Waals surface area contributed by atoms with Crippen molar-refractivity contribution < 1.29 is 4.43 Å². The Hall–Kier alpha value is -0.123. The molecule has 1 N–H and O–H groups in total. The van der Waals surface area contributed by atoms with E-state index in [1.54, 1.807) is 0 Å². The molecule has 0 radical (unpaired) electrons. The second-order valence-electron chi connectivity index (χ2n) is 5.87. The van der Waals surface area contributed by atoms with Crippen LogP contribution in [0.25, 0.3) is 0 Å². The van der Waals surface area contributed by atoms with Crippen LogP contribution in [-0.4, -0.2) is 27.5 Å². The molecule has 15 heavy (non-hydrogen) atoms. The van der Waals surface area contributed by atoms with Crippen molar-refractivity contribution in [2.24, 2.45) is 0 Å². The highest BCUT2D eigenvalue weighted by atomic mass is 28.4. The van der Waals surface area contributed by atoms with Crippen molar-refractivity contribution in [1.82, 2.24) is 5.32 Å². The fourth-order valence-corrected chi connectivity index (χ4v) is 2.79. The minimum Gasteiger partial charge on any atom is -0.412 e. The van der Waals surface area contributed by atoms with Crippen LogP contribution in [0.3, 0.4) is 0 Å². The van der Waals surface area contributed by atoms with E-state index in [0.717, 1.165) is 19.5 Å². The van der Waals surface area contributed by atoms with Gasteiger partial charge in [-0.05, 0) is 24.6 Å². The molecule has 0 saturated heterocycles. The lowest BCUT2D eigenvalue weighted by atomic mass is 10.2. The molecule has 0 saturated carbocycles. The summed E-state index contributed by atoms with van der Waals surface area (Å²) in [5.74, 6) is 0. The lowest BCUT2D eigenvalue weighted by Crippen LogP contribution is -2.46. The first-order valence-electron chi connectivity index (χ1n) is 5.86. The van der Waals surface area contributed by atoms with Gasteiger partial charge < -0.3 is 9.74 Å². The van der Waals surface area contributed by atoms with Crippen LogP contribution < -0.4 is 5.32 Å². The number of hydrogen-bond donors (Lipinski definition) is 1. The number of rotatable bonds is 2. The molecular weight excluding hydrogens is 202 g/mol. The van der Waals surface area contributed by atoms with Crippen LogP contribution in [0.2, 0.25) is 18.1 Å². The summed E-state index contributed by atoms with van der Waals surface area (Å²) in [4.78, 5) is 0. The van der Waals surface area contributed by atoms with Crippen molar-refractivity contribution >= 4 is 8.32 Å². The van der Waals surface area contributed by atoms with Gasteiger partial charge in [0.15, 0.2) is 8.32 Å². The summed E-state index contributed by atoms with van der Waals surface area (Å²) in [5.41, 5.74) is 0. The van der Waals surface area contributed by atoms with E-state index >= 15 is 0 Å². The van der Waals surface area contributed by atoms with Gasteiger partial charge in [-0.3, -0.25) is 0 Å². The van der Waals surface area contributed by atoms with Gasteiger partial charge >= 0.3 is 0 Å². The number of nitrogens with one attached hydrogen (secondary N) is 1. The lowest BCUT2D eigenvalue weighted by Gasteiger charge is -2.39. The van der Waals surface area contributed by atoms with Gasteiger partial charge in [0.1, 0.15) is 0 Å². The Kier molecular flexibility index (Phi) is 4.15. The van der Waals surface area contributed by atoms with Gasteiger partial charge in [-0.15, -0.1) is 0 Å². The minimum atomic E-state index is -1.59. The first-order valence-corrected chi connectivity index (χ1v) is 8.77. The van der Waals surface area contributed by atoms with Gasteiger partial charge in [0, 0.05) is 13.1 Å². The van der Waals surface area contributed by atoms with E-state index in [1.165, 1.54) is 0 Å². The Bertz CT molecular complexity index is 230. The van der Waals surface area contributed by atoms with Gasteiger partial charge in [-0.2, -0.15) is 0 Å². The van der Waals surface area contributed by atoms with E-state index < -0.39 is 8.32 Å². The molecule has 0 bridgehead atoms. The maximum atomic E-state index is 6.35. The fraction of sp³-hybridized carbons (Fsp3) is 0.833. The fourth-order valence-electron chi connectivity index (χ4n) is 1.43. The van der Waals surface area contributed by atoms with Crippen LogP contribution in [0, 0.1) is 0 Å². The van der Waals surface area contributed by atoms with Crippen molar-refractivity contribution in [2.45, 2.75) is 51.4 Å². The monoisotopic (exact) mass is 227 g/mol. The van der Waals surface area contributed by atoms with E-state index in [4.69, 9.17) is 4.43 Å². The van der Waals surface area contributed by atoms with Crippen LogP contribution >= 0.6 is 0 Å². The molecule has 1 aliphatic rings. The topological polar surface area (TPSA) is 21.3 Å². The van der Waals surface area contributed by atoms with Gasteiger partial charge in [0.25, 0.3) is 0 Å². The van der Waals surface area contributed by atoms with Crippen LogP contribution in [0.5, 0.6) is 0 Å². The Balaban J connectivity index is 2.56. The molecular formula is C12H25NOSi. The Labute approximate surface area is 95.2 Å². The van der Waals surface area contributed by atoms with E-state index in [0.29, 0.717) is 11.1 Å². The zero-order chi connectivity index (χ0) is 11.5. The quantitative estimate of drug-likeness (QED) is 0.578. The zero-order valence-electron chi connectivity index (χ0n) is 10.8. The molecule has 0 fully saturated rings. The van der Waals surface area contributed by atoms with Crippen molar-refractivity contribution in [1.29, 1.82) is 0 Å². The standard InChI is InChI=1S/C12H25NOSi/c1-12(2,3)15(4,5)14-11-8-6-7-9-13-10-11/h6-7,11,13H,8-10H2,1-5H3. The molecule has 1 atom stereocenters.